The van der Waals surface area contributed by atoms with Gasteiger partial charge < -0.3 is 0 Å². The molecule has 1 heterocycles. The number of aromatic nitrogens is 3. The Morgan fingerprint density at radius 3 is 2.69 bits per heavy atom. The summed E-state index contributed by atoms with van der Waals surface area (Å²) < 4.78 is 30.3. The van der Waals surface area contributed by atoms with Gasteiger partial charge >= 0.3 is 0 Å². The van der Waals surface area contributed by atoms with Gasteiger partial charge in [0.05, 0.1) is 11.3 Å². The molecule has 2 bridgehead atoms. The van der Waals surface area contributed by atoms with E-state index < -0.39 is 15.4 Å². The molecular formula is C21H30N4O3S. The molecule has 0 saturated heterocycles. The number of carbonyl (C=O) groups excluding carboxylic acids is 1. The van der Waals surface area contributed by atoms with Crippen LogP contribution in [0.2, 0.25) is 0 Å². The van der Waals surface area contributed by atoms with Crippen molar-refractivity contribution in [2.45, 2.75) is 59.5 Å². The number of para-hydroxylation sites is 1. The van der Waals surface area contributed by atoms with Crippen LogP contribution in [0.25, 0.3) is 11.0 Å². The van der Waals surface area contributed by atoms with Gasteiger partial charge in [-0.05, 0) is 42.7 Å². The van der Waals surface area contributed by atoms with Crippen molar-refractivity contribution in [3.05, 3.63) is 24.3 Å². The normalized spacial score (nSPS) is 26.1. The molecule has 0 N–H and O–H groups in total. The molecule has 2 saturated carbocycles. The number of ketones is 1. The summed E-state index contributed by atoms with van der Waals surface area (Å²) in [5.74, 6) is 0.330. The predicted molar refractivity (Wildman–Crippen MR) is 111 cm³/mol. The monoisotopic (exact) mass is 418 g/mol. The summed E-state index contributed by atoms with van der Waals surface area (Å²) in [5.41, 5.74) is 0.518. The van der Waals surface area contributed by atoms with E-state index in [9.17, 15) is 13.2 Å². The zero-order valence-electron chi connectivity index (χ0n) is 17.5. The average molecular weight is 419 g/mol. The lowest BCUT2D eigenvalue weighted by Gasteiger charge is -2.37. The van der Waals surface area contributed by atoms with Crippen LogP contribution in [0.4, 0.5) is 0 Å². The quantitative estimate of drug-likeness (QED) is 0.657. The molecule has 7 nitrogen and oxygen atoms in total. The van der Waals surface area contributed by atoms with Crippen LogP contribution in [-0.4, -0.2) is 45.8 Å². The Balaban J connectivity index is 1.64. The average Bonchev–Trinajstić information content (AvgIpc) is 3.24. The Kier molecular flexibility index (Phi) is 5.06. The molecule has 0 radical (unpaired) electrons. The standard InChI is InChI=1S/C21H30N4O3S/c1-4-5-12-24(15-25-18-9-7-6-8-17(18)22-23-25)29(27,28)14-21-11-10-16(13-19(21)26)20(21,2)3/h6-9,16H,4-5,10-15H2,1-3H3. The third kappa shape index (κ3) is 3.20. The summed E-state index contributed by atoms with van der Waals surface area (Å²) >= 11 is 0. The zero-order chi connectivity index (χ0) is 20.9. The van der Waals surface area contributed by atoms with Gasteiger partial charge in [-0.25, -0.2) is 13.1 Å². The van der Waals surface area contributed by atoms with Crippen molar-refractivity contribution < 1.29 is 13.2 Å². The second-order valence-electron chi connectivity index (χ2n) is 9.17. The molecule has 1 aromatic heterocycles. The largest absolute Gasteiger partial charge is 0.299 e. The topological polar surface area (TPSA) is 85.2 Å². The summed E-state index contributed by atoms with van der Waals surface area (Å²) in [5, 5.41) is 8.32. The lowest BCUT2D eigenvalue weighted by atomic mass is 9.70. The summed E-state index contributed by atoms with van der Waals surface area (Å²) in [6.45, 7) is 6.73. The van der Waals surface area contributed by atoms with E-state index in [2.05, 4.69) is 24.2 Å². The Hall–Kier alpha value is -1.80. The van der Waals surface area contributed by atoms with Gasteiger partial charge in [0.25, 0.3) is 0 Å². The molecule has 4 rings (SSSR count). The van der Waals surface area contributed by atoms with Gasteiger partial charge in [0, 0.05) is 18.4 Å². The summed E-state index contributed by atoms with van der Waals surface area (Å²) in [6, 6.07) is 7.53. The van der Waals surface area contributed by atoms with E-state index in [1.54, 1.807) is 4.68 Å². The Morgan fingerprint density at radius 2 is 2.03 bits per heavy atom. The maximum Gasteiger partial charge on any atom is 0.216 e. The maximum absolute atomic E-state index is 13.6. The van der Waals surface area contributed by atoms with Gasteiger partial charge in [0.15, 0.2) is 0 Å². The van der Waals surface area contributed by atoms with E-state index in [4.69, 9.17) is 0 Å². The Labute approximate surface area is 172 Å². The first kappa shape index (κ1) is 20.5. The highest BCUT2D eigenvalue weighted by Crippen LogP contribution is 2.64. The van der Waals surface area contributed by atoms with Crippen LogP contribution in [0, 0.1) is 16.7 Å². The van der Waals surface area contributed by atoms with Crippen LogP contribution < -0.4 is 0 Å². The van der Waals surface area contributed by atoms with E-state index in [-0.39, 0.29) is 23.6 Å². The van der Waals surface area contributed by atoms with Crippen LogP contribution in [-0.2, 0) is 21.5 Å². The molecule has 158 valence electrons. The van der Waals surface area contributed by atoms with Crippen molar-refractivity contribution >= 4 is 26.8 Å². The molecule has 0 aliphatic heterocycles. The number of hydrogen-bond donors (Lipinski definition) is 0. The van der Waals surface area contributed by atoms with Gasteiger partial charge in [0.1, 0.15) is 18.0 Å². The van der Waals surface area contributed by atoms with Crippen LogP contribution >= 0.6 is 0 Å². The number of unbranched alkanes of at least 4 members (excludes halogenated alkanes) is 1. The third-order valence-electron chi connectivity index (χ3n) is 7.43. The van der Waals surface area contributed by atoms with E-state index in [1.807, 2.05) is 31.2 Å². The highest BCUT2D eigenvalue weighted by Gasteiger charge is 2.65. The molecule has 8 heteroatoms. The van der Waals surface area contributed by atoms with Crippen LogP contribution in [0.3, 0.4) is 0 Å². The minimum atomic E-state index is -3.65. The van der Waals surface area contributed by atoms with Crippen LogP contribution in [0.5, 0.6) is 0 Å². The van der Waals surface area contributed by atoms with Gasteiger partial charge in [-0.15, -0.1) is 5.10 Å². The Morgan fingerprint density at radius 1 is 1.28 bits per heavy atom. The van der Waals surface area contributed by atoms with Crippen molar-refractivity contribution in [1.29, 1.82) is 0 Å². The number of benzene rings is 1. The molecule has 2 atom stereocenters. The van der Waals surface area contributed by atoms with Gasteiger partial charge in [0.2, 0.25) is 10.0 Å². The van der Waals surface area contributed by atoms with E-state index >= 15 is 0 Å². The SMILES string of the molecule is CCCCN(Cn1nnc2ccccc21)S(=O)(=O)CC12CCC(CC1=O)C2(C)C. The number of nitrogens with zero attached hydrogens (tertiary/aromatic N) is 4. The predicted octanol–water partition coefficient (Wildman–Crippen LogP) is 3.22. The smallest absolute Gasteiger partial charge is 0.216 e. The van der Waals surface area contributed by atoms with Crippen LogP contribution in [0.1, 0.15) is 52.9 Å². The second-order valence-corrected chi connectivity index (χ2v) is 11.1. The fourth-order valence-corrected chi connectivity index (χ4v) is 7.49. The molecule has 0 spiro atoms. The number of rotatable bonds is 8. The molecule has 2 fully saturated rings. The lowest BCUT2D eigenvalue weighted by molar-refractivity contribution is -0.128. The highest BCUT2D eigenvalue weighted by atomic mass is 32.2. The molecular weight excluding hydrogens is 388 g/mol. The second kappa shape index (κ2) is 7.16. The fraction of sp³-hybridized carbons (Fsp3) is 0.667. The number of Topliss-reactive ketones (excluding diaryl/α,β-unsaturated/α-hetero) is 1. The van der Waals surface area contributed by atoms with Gasteiger partial charge in [-0.3, -0.25) is 4.79 Å². The zero-order valence-corrected chi connectivity index (χ0v) is 18.3. The molecule has 2 aromatic rings. The van der Waals surface area contributed by atoms with E-state index in [0.717, 1.165) is 30.3 Å². The number of fused-ring (bicyclic) bond motifs is 3. The van der Waals surface area contributed by atoms with Crippen molar-refractivity contribution in [3.8, 4) is 0 Å². The number of carbonyl (C=O) groups is 1. The van der Waals surface area contributed by atoms with Crippen molar-refractivity contribution in [2.75, 3.05) is 12.3 Å². The third-order valence-corrected chi connectivity index (χ3v) is 9.38. The first-order valence-electron chi connectivity index (χ1n) is 10.5. The van der Waals surface area contributed by atoms with Gasteiger partial charge in [-0.2, -0.15) is 4.31 Å². The van der Waals surface area contributed by atoms with Crippen molar-refractivity contribution in [1.82, 2.24) is 19.3 Å². The minimum Gasteiger partial charge on any atom is -0.299 e. The lowest BCUT2D eigenvalue weighted by Crippen LogP contribution is -2.47. The summed E-state index contributed by atoms with van der Waals surface area (Å²) in [6.07, 6.45) is 3.79. The summed E-state index contributed by atoms with van der Waals surface area (Å²) in [7, 11) is -3.65. The molecule has 2 aliphatic rings. The first-order chi connectivity index (χ1) is 13.7. The first-order valence-corrected chi connectivity index (χ1v) is 12.1. The van der Waals surface area contributed by atoms with Crippen LogP contribution in [0.15, 0.2) is 24.3 Å². The molecule has 1 aromatic carbocycles. The summed E-state index contributed by atoms with van der Waals surface area (Å²) in [4.78, 5) is 12.9. The fourth-order valence-electron chi connectivity index (χ4n) is 5.31. The molecule has 2 aliphatic carbocycles. The van der Waals surface area contributed by atoms with E-state index in [0.29, 0.717) is 25.3 Å². The van der Waals surface area contributed by atoms with E-state index in [1.165, 1.54) is 4.31 Å². The Bertz CT molecular complexity index is 1030. The van der Waals surface area contributed by atoms with Crippen molar-refractivity contribution in [2.24, 2.45) is 16.7 Å². The molecule has 0 amide bonds. The number of hydrogen-bond acceptors (Lipinski definition) is 5. The number of sulfonamides is 1. The molecule has 29 heavy (non-hydrogen) atoms. The maximum atomic E-state index is 13.6. The van der Waals surface area contributed by atoms with Gasteiger partial charge in [-0.1, -0.05) is 44.5 Å². The molecule has 2 unspecified atom stereocenters. The van der Waals surface area contributed by atoms with Crippen molar-refractivity contribution in [3.63, 3.8) is 0 Å². The minimum absolute atomic E-state index is 0.0985. The highest BCUT2D eigenvalue weighted by molar-refractivity contribution is 7.89.